The van der Waals surface area contributed by atoms with Gasteiger partial charge in [0.25, 0.3) is 0 Å². The first-order valence-corrected chi connectivity index (χ1v) is 4.18. The fourth-order valence-corrected chi connectivity index (χ4v) is 0.766. The van der Waals surface area contributed by atoms with Gasteiger partial charge in [-0.3, -0.25) is 0 Å². The summed E-state index contributed by atoms with van der Waals surface area (Å²) in [5.74, 6) is -0.154. The molecule has 0 radical (unpaired) electrons. The van der Waals surface area contributed by atoms with Crippen molar-refractivity contribution in [3.8, 4) is 6.01 Å². The number of ether oxygens (including phenoxy) is 1. The molecule has 2 N–H and O–H groups in total. The molecular weight excluding hydrogens is 227 g/mol. The van der Waals surface area contributed by atoms with Crippen molar-refractivity contribution in [3.63, 3.8) is 0 Å². The average Bonchev–Trinajstić information content (AvgIpc) is 2.16. The summed E-state index contributed by atoms with van der Waals surface area (Å²) in [6.45, 7) is 0. The summed E-state index contributed by atoms with van der Waals surface area (Å²) in [5, 5.41) is 0. The van der Waals surface area contributed by atoms with Crippen molar-refractivity contribution in [2.45, 2.75) is 12.8 Å². The minimum atomic E-state index is -3.28. The van der Waals surface area contributed by atoms with Crippen molar-refractivity contribution in [2.24, 2.45) is 0 Å². The number of rotatable bonds is 4. The molecule has 90 valence electrons. The molecule has 1 unspecified atom stereocenters. The monoisotopic (exact) mass is 237 g/mol. The zero-order chi connectivity index (χ0) is 12.3. The van der Waals surface area contributed by atoms with Gasteiger partial charge in [-0.15, -0.1) is 0 Å². The number of alkyl halides is 3. The Labute approximate surface area is 89.3 Å². The predicted molar refractivity (Wildman–Crippen MR) is 50.1 cm³/mol. The fraction of sp³-hybridized carbons (Fsp3) is 0.571. The molecule has 0 spiro atoms. The van der Waals surface area contributed by atoms with Crippen molar-refractivity contribution in [1.82, 2.24) is 15.0 Å². The summed E-state index contributed by atoms with van der Waals surface area (Å²) in [5.41, 5.74) is 5.27. The number of hydrogen-bond donors (Lipinski definition) is 1. The van der Waals surface area contributed by atoms with Crippen LogP contribution in [-0.4, -0.2) is 41.8 Å². The molecule has 0 bridgehead atoms. The summed E-state index contributed by atoms with van der Waals surface area (Å²) >= 11 is 0. The molecule has 0 amide bonds. The molecule has 0 aliphatic rings. The van der Waals surface area contributed by atoms with E-state index in [1.807, 2.05) is 0 Å². The third-order valence-corrected chi connectivity index (χ3v) is 1.44. The number of halogens is 3. The van der Waals surface area contributed by atoms with Crippen LogP contribution in [0.3, 0.4) is 0 Å². The predicted octanol–water partition coefficient (Wildman–Crippen LogP) is 0.459. The minimum Gasteiger partial charge on any atom is -0.422 e. The van der Waals surface area contributed by atoms with E-state index in [-0.39, 0.29) is 11.9 Å². The topological polar surface area (TPSA) is 77.2 Å². The normalized spacial score (nSPS) is 12.6. The van der Waals surface area contributed by atoms with Crippen LogP contribution in [0, 0.1) is 0 Å². The molecule has 0 saturated heterocycles. The van der Waals surface area contributed by atoms with Crippen LogP contribution in [0.25, 0.3) is 0 Å². The van der Waals surface area contributed by atoms with Crippen molar-refractivity contribution in [1.29, 1.82) is 0 Å². The maximum absolute atomic E-state index is 12.5. The van der Waals surface area contributed by atoms with Crippen molar-refractivity contribution in [3.05, 3.63) is 0 Å². The molecule has 0 aliphatic heterocycles. The third kappa shape index (κ3) is 3.11. The van der Waals surface area contributed by atoms with E-state index in [2.05, 4.69) is 19.7 Å². The minimum absolute atomic E-state index is 0.0870. The number of nitrogens with two attached hydrogens (primary N) is 1. The molecule has 0 aliphatic carbocycles. The lowest BCUT2D eigenvalue weighted by Gasteiger charge is -2.12. The van der Waals surface area contributed by atoms with Gasteiger partial charge < -0.3 is 15.4 Å². The highest BCUT2D eigenvalue weighted by molar-refractivity contribution is 5.33. The maximum Gasteiger partial charge on any atom is 0.325 e. The fourth-order valence-electron chi connectivity index (χ4n) is 0.766. The number of nitrogen functional groups attached to an aromatic ring is 1. The Kier molecular flexibility index (Phi) is 3.69. The maximum atomic E-state index is 12.5. The summed E-state index contributed by atoms with van der Waals surface area (Å²) in [7, 11) is 3.19. The van der Waals surface area contributed by atoms with Crippen LogP contribution in [0.5, 0.6) is 6.01 Å². The highest BCUT2D eigenvalue weighted by Gasteiger charge is 2.22. The van der Waals surface area contributed by atoms with Crippen LogP contribution >= 0.6 is 0 Å². The lowest BCUT2D eigenvalue weighted by atomic mass is 10.7. The second-order valence-electron chi connectivity index (χ2n) is 2.97. The third-order valence-electron chi connectivity index (χ3n) is 1.44. The van der Waals surface area contributed by atoms with Crippen LogP contribution < -0.4 is 15.4 Å². The van der Waals surface area contributed by atoms with Gasteiger partial charge in [-0.1, -0.05) is 0 Å². The highest BCUT2D eigenvalue weighted by atomic mass is 19.3. The van der Waals surface area contributed by atoms with Gasteiger partial charge in [0, 0.05) is 14.1 Å². The van der Waals surface area contributed by atoms with E-state index in [4.69, 9.17) is 5.73 Å². The molecule has 6 nitrogen and oxygen atoms in total. The van der Waals surface area contributed by atoms with Gasteiger partial charge in [-0.2, -0.15) is 19.3 Å². The molecule has 16 heavy (non-hydrogen) atoms. The molecule has 0 saturated carbocycles. The zero-order valence-electron chi connectivity index (χ0n) is 8.56. The van der Waals surface area contributed by atoms with Crippen LogP contribution in [0.2, 0.25) is 0 Å². The quantitative estimate of drug-likeness (QED) is 0.819. The van der Waals surface area contributed by atoms with E-state index in [0.29, 0.717) is 0 Å². The Bertz CT molecular complexity index is 362. The summed E-state index contributed by atoms with van der Waals surface area (Å²) in [6.07, 6.45) is -6.07. The second kappa shape index (κ2) is 4.81. The Hall–Kier alpha value is -1.80. The lowest BCUT2D eigenvalue weighted by Crippen LogP contribution is -2.22. The SMILES string of the molecule is CN(C)c1nc(N)nc(OC(F)C(F)F)n1. The van der Waals surface area contributed by atoms with E-state index in [0.717, 1.165) is 0 Å². The van der Waals surface area contributed by atoms with Crippen molar-refractivity contribution < 1.29 is 17.9 Å². The Morgan fingerprint density at radius 3 is 2.31 bits per heavy atom. The number of nitrogens with zero attached hydrogens (tertiary/aromatic N) is 4. The van der Waals surface area contributed by atoms with Gasteiger partial charge >= 0.3 is 18.8 Å². The molecule has 1 atom stereocenters. The average molecular weight is 237 g/mol. The Balaban J connectivity index is 2.88. The van der Waals surface area contributed by atoms with Gasteiger partial charge in [-0.05, 0) is 0 Å². The molecular formula is C7H10F3N5O. The van der Waals surface area contributed by atoms with Crippen molar-refractivity contribution >= 4 is 11.9 Å². The number of aromatic nitrogens is 3. The van der Waals surface area contributed by atoms with Gasteiger partial charge in [-0.25, -0.2) is 8.78 Å². The van der Waals surface area contributed by atoms with Crippen molar-refractivity contribution in [2.75, 3.05) is 24.7 Å². The number of anilines is 2. The Morgan fingerprint density at radius 2 is 1.81 bits per heavy atom. The van der Waals surface area contributed by atoms with E-state index >= 15 is 0 Å². The Morgan fingerprint density at radius 1 is 1.19 bits per heavy atom. The highest BCUT2D eigenvalue weighted by Crippen LogP contribution is 2.15. The molecule has 1 rings (SSSR count). The zero-order valence-corrected chi connectivity index (χ0v) is 8.56. The van der Waals surface area contributed by atoms with Gasteiger partial charge in [0.15, 0.2) is 0 Å². The second-order valence-corrected chi connectivity index (χ2v) is 2.97. The van der Waals surface area contributed by atoms with Crippen LogP contribution in [0.1, 0.15) is 0 Å². The molecule has 0 fully saturated rings. The molecule has 9 heteroatoms. The van der Waals surface area contributed by atoms with Gasteiger partial charge in [0.05, 0.1) is 0 Å². The molecule has 0 aromatic carbocycles. The largest absolute Gasteiger partial charge is 0.422 e. The summed E-state index contributed by atoms with van der Waals surface area (Å²) < 4.78 is 40.4. The van der Waals surface area contributed by atoms with Crippen LogP contribution in [0.15, 0.2) is 0 Å². The number of hydrogen-bond acceptors (Lipinski definition) is 6. The standard InChI is InChI=1S/C7H10F3N5O/c1-15(2)6-12-5(11)13-7(14-6)16-4(10)3(8)9/h3-4H,1-2H3,(H2,11,12,13,14). The first-order valence-electron chi connectivity index (χ1n) is 4.18. The first-order chi connectivity index (χ1) is 7.40. The van der Waals surface area contributed by atoms with E-state index < -0.39 is 18.8 Å². The van der Waals surface area contributed by atoms with Gasteiger partial charge in [0.2, 0.25) is 11.9 Å². The van der Waals surface area contributed by atoms with Crippen LogP contribution in [-0.2, 0) is 0 Å². The summed E-state index contributed by atoms with van der Waals surface area (Å²) in [6, 6.07) is -0.580. The smallest absolute Gasteiger partial charge is 0.325 e. The molecule has 1 aromatic heterocycles. The van der Waals surface area contributed by atoms with E-state index in [1.54, 1.807) is 14.1 Å². The first kappa shape index (κ1) is 12.3. The summed E-state index contributed by atoms with van der Waals surface area (Å²) in [4.78, 5) is 12.1. The lowest BCUT2D eigenvalue weighted by molar-refractivity contribution is -0.0713. The van der Waals surface area contributed by atoms with Gasteiger partial charge in [0.1, 0.15) is 0 Å². The van der Waals surface area contributed by atoms with E-state index in [9.17, 15) is 13.2 Å². The molecule has 1 aromatic rings. The molecule has 1 heterocycles. The van der Waals surface area contributed by atoms with Crippen LogP contribution in [0.4, 0.5) is 25.1 Å². The van der Waals surface area contributed by atoms with E-state index in [1.165, 1.54) is 4.90 Å².